The van der Waals surface area contributed by atoms with Gasteiger partial charge in [0, 0.05) is 24.0 Å². The Balaban J connectivity index is 1.65. The smallest absolute Gasteiger partial charge is 0.355 e. The maximum atomic E-state index is 13.5. The molecule has 2 aliphatic rings. The number of pyridine rings is 1. The summed E-state index contributed by atoms with van der Waals surface area (Å²) in [5.41, 5.74) is 1.60. The Kier molecular flexibility index (Phi) is 5.05. The lowest BCUT2D eigenvalue weighted by atomic mass is 9.85. The van der Waals surface area contributed by atoms with E-state index in [1.165, 1.54) is 0 Å². The minimum absolute atomic E-state index is 0.0906. The molecular formula is C27H23NO5. The number of carbonyl (C=O) groups is 2. The minimum Gasteiger partial charge on any atom is -0.457 e. The number of aromatic nitrogens is 1. The predicted octanol–water partition coefficient (Wildman–Crippen LogP) is 4.04. The summed E-state index contributed by atoms with van der Waals surface area (Å²) in [6.45, 7) is 2.06. The number of hydrogen-bond acceptors (Lipinski definition) is 5. The molecule has 0 N–H and O–H groups in total. The van der Waals surface area contributed by atoms with Crippen LogP contribution in [0, 0.1) is 12.3 Å². The molecule has 6 nitrogen and oxygen atoms in total. The largest absolute Gasteiger partial charge is 0.457 e. The number of fused-ring (bicyclic) bond motifs is 5. The SMILES string of the molecule is C#CCCCC(=O)OC1(CC)C(=O)OCc2c1cc1n(c2=O)Cc2cc3ccccc3cc2-1. The number of unbranched alkanes of at least 4 members (excludes halogenated alkanes) is 1. The molecule has 33 heavy (non-hydrogen) atoms. The lowest BCUT2D eigenvalue weighted by molar-refractivity contribution is -0.189. The maximum absolute atomic E-state index is 13.5. The summed E-state index contributed by atoms with van der Waals surface area (Å²) in [6.07, 6.45) is 6.42. The fourth-order valence-electron chi connectivity index (χ4n) is 4.84. The van der Waals surface area contributed by atoms with Gasteiger partial charge in [-0.1, -0.05) is 31.2 Å². The van der Waals surface area contributed by atoms with Crippen molar-refractivity contribution in [2.75, 3.05) is 0 Å². The van der Waals surface area contributed by atoms with Crippen LogP contribution in [0.15, 0.2) is 47.3 Å². The van der Waals surface area contributed by atoms with Gasteiger partial charge in [0.25, 0.3) is 5.56 Å². The second kappa shape index (κ2) is 7.93. The highest BCUT2D eigenvalue weighted by Gasteiger charge is 2.50. The summed E-state index contributed by atoms with van der Waals surface area (Å²) in [5.74, 6) is 1.30. The van der Waals surface area contributed by atoms with Gasteiger partial charge in [0.1, 0.15) is 6.61 Å². The lowest BCUT2D eigenvalue weighted by Crippen LogP contribution is -2.47. The van der Waals surface area contributed by atoms with Crippen molar-refractivity contribution < 1.29 is 19.1 Å². The molecule has 0 saturated carbocycles. The zero-order valence-electron chi connectivity index (χ0n) is 18.3. The number of benzene rings is 2. The van der Waals surface area contributed by atoms with E-state index >= 15 is 0 Å². The van der Waals surface area contributed by atoms with Gasteiger partial charge in [0.05, 0.1) is 17.8 Å². The summed E-state index contributed by atoms with van der Waals surface area (Å²) in [5, 5.41) is 2.17. The van der Waals surface area contributed by atoms with Gasteiger partial charge in [0.2, 0.25) is 5.60 Å². The summed E-state index contributed by atoms with van der Waals surface area (Å²) >= 11 is 0. The first kappa shape index (κ1) is 21.0. The van der Waals surface area contributed by atoms with Gasteiger partial charge in [-0.2, -0.15) is 0 Å². The average Bonchev–Trinajstić information content (AvgIpc) is 3.17. The normalized spacial score (nSPS) is 18.1. The van der Waals surface area contributed by atoms with Crippen LogP contribution in [0.1, 0.15) is 49.3 Å². The van der Waals surface area contributed by atoms with Crippen molar-refractivity contribution in [3.05, 3.63) is 69.5 Å². The summed E-state index contributed by atoms with van der Waals surface area (Å²) < 4.78 is 12.8. The number of nitrogens with zero attached hydrogens (tertiary/aromatic N) is 1. The second-order valence-electron chi connectivity index (χ2n) is 8.46. The standard InChI is InChI=1S/C27H23NO5/c1-3-5-6-11-24(29)33-27(4-2)22-14-23-20-13-18-10-8-7-9-17(18)12-19(20)15-28(23)25(30)21(22)16-32-26(27)31/h1,7-10,12-14H,4-6,11,15-16H2,2H3. The van der Waals surface area contributed by atoms with Gasteiger partial charge in [-0.25, -0.2) is 4.79 Å². The number of esters is 2. The van der Waals surface area contributed by atoms with E-state index in [0.717, 1.165) is 27.6 Å². The Bertz CT molecular complexity index is 1410. The molecule has 1 unspecified atom stereocenters. The highest BCUT2D eigenvalue weighted by molar-refractivity contribution is 5.91. The van der Waals surface area contributed by atoms with E-state index in [2.05, 4.69) is 18.1 Å². The van der Waals surface area contributed by atoms with Crippen molar-refractivity contribution in [3.8, 4) is 23.6 Å². The van der Waals surface area contributed by atoms with Crippen LogP contribution in [0.5, 0.6) is 0 Å². The Morgan fingerprint density at radius 2 is 1.97 bits per heavy atom. The zero-order valence-corrected chi connectivity index (χ0v) is 18.3. The molecule has 166 valence electrons. The number of carbonyl (C=O) groups excluding carboxylic acids is 2. The van der Waals surface area contributed by atoms with Crippen LogP contribution in [0.4, 0.5) is 0 Å². The molecule has 0 aliphatic carbocycles. The highest BCUT2D eigenvalue weighted by atomic mass is 16.6. The molecule has 0 amide bonds. The molecular weight excluding hydrogens is 418 g/mol. The summed E-state index contributed by atoms with van der Waals surface area (Å²) in [7, 11) is 0. The highest BCUT2D eigenvalue weighted by Crippen LogP contribution is 2.41. The second-order valence-corrected chi connectivity index (χ2v) is 8.46. The van der Waals surface area contributed by atoms with Gasteiger partial charge < -0.3 is 14.0 Å². The molecule has 0 fully saturated rings. The number of rotatable bonds is 5. The van der Waals surface area contributed by atoms with E-state index < -0.39 is 17.5 Å². The van der Waals surface area contributed by atoms with Crippen LogP contribution < -0.4 is 5.56 Å². The van der Waals surface area contributed by atoms with Crippen molar-refractivity contribution in [3.63, 3.8) is 0 Å². The Morgan fingerprint density at radius 3 is 2.70 bits per heavy atom. The molecule has 6 heteroatoms. The molecule has 3 heterocycles. The Labute approximate surface area is 191 Å². The first-order valence-corrected chi connectivity index (χ1v) is 11.1. The topological polar surface area (TPSA) is 74.6 Å². The van der Waals surface area contributed by atoms with Crippen molar-refractivity contribution in [1.82, 2.24) is 4.57 Å². The van der Waals surface area contributed by atoms with Crippen molar-refractivity contribution in [1.29, 1.82) is 0 Å². The fraction of sp³-hybridized carbons (Fsp3) is 0.296. The van der Waals surface area contributed by atoms with E-state index in [0.29, 0.717) is 30.5 Å². The van der Waals surface area contributed by atoms with E-state index in [1.54, 1.807) is 11.5 Å². The number of cyclic esters (lactones) is 1. The van der Waals surface area contributed by atoms with Crippen LogP contribution in [0.2, 0.25) is 0 Å². The third kappa shape index (κ3) is 3.23. The van der Waals surface area contributed by atoms with E-state index in [9.17, 15) is 14.4 Å². The third-order valence-electron chi connectivity index (χ3n) is 6.58. The molecule has 0 saturated heterocycles. The molecule has 1 aromatic heterocycles. The van der Waals surface area contributed by atoms with Crippen LogP contribution in [0.3, 0.4) is 0 Å². The quantitative estimate of drug-likeness (QED) is 0.266. The molecule has 2 aromatic carbocycles. The molecule has 5 rings (SSSR count). The van der Waals surface area contributed by atoms with Crippen LogP contribution in [-0.2, 0) is 37.8 Å². The monoisotopic (exact) mass is 441 g/mol. The fourth-order valence-corrected chi connectivity index (χ4v) is 4.84. The van der Waals surface area contributed by atoms with E-state index in [-0.39, 0.29) is 25.0 Å². The Hall–Kier alpha value is -3.85. The number of terminal acetylenes is 1. The van der Waals surface area contributed by atoms with Gasteiger partial charge >= 0.3 is 11.9 Å². The first-order valence-electron chi connectivity index (χ1n) is 11.1. The molecule has 0 radical (unpaired) electrons. The van der Waals surface area contributed by atoms with E-state index in [1.807, 2.05) is 30.3 Å². The first-order chi connectivity index (χ1) is 16.0. The van der Waals surface area contributed by atoms with Gasteiger partial charge in [-0.3, -0.25) is 9.59 Å². The minimum atomic E-state index is -1.64. The van der Waals surface area contributed by atoms with Crippen LogP contribution >= 0.6 is 0 Å². The van der Waals surface area contributed by atoms with Gasteiger partial charge in [0.15, 0.2) is 0 Å². The molecule has 0 spiro atoms. The maximum Gasteiger partial charge on any atom is 0.355 e. The van der Waals surface area contributed by atoms with Crippen LogP contribution in [-0.4, -0.2) is 16.5 Å². The van der Waals surface area contributed by atoms with Crippen molar-refractivity contribution in [2.45, 2.75) is 51.4 Å². The molecule has 0 bridgehead atoms. The molecule has 2 aliphatic heterocycles. The molecule has 1 atom stereocenters. The van der Waals surface area contributed by atoms with Gasteiger partial charge in [-0.15, -0.1) is 12.3 Å². The molecule has 3 aromatic rings. The lowest BCUT2D eigenvalue weighted by Gasteiger charge is -2.35. The average molecular weight is 441 g/mol. The van der Waals surface area contributed by atoms with Crippen molar-refractivity contribution in [2.24, 2.45) is 0 Å². The van der Waals surface area contributed by atoms with Crippen molar-refractivity contribution >= 4 is 22.7 Å². The third-order valence-corrected chi connectivity index (χ3v) is 6.58. The summed E-state index contributed by atoms with van der Waals surface area (Å²) in [4.78, 5) is 39.0. The summed E-state index contributed by atoms with van der Waals surface area (Å²) in [6, 6.07) is 14.0. The number of hydrogen-bond donors (Lipinski definition) is 0. The van der Waals surface area contributed by atoms with Gasteiger partial charge in [-0.05, 0) is 47.4 Å². The van der Waals surface area contributed by atoms with Crippen LogP contribution in [0.25, 0.3) is 22.0 Å². The Morgan fingerprint density at radius 1 is 1.21 bits per heavy atom. The predicted molar refractivity (Wildman–Crippen MR) is 123 cm³/mol. The number of ether oxygens (including phenoxy) is 2. The zero-order chi connectivity index (χ0) is 23.2. The van der Waals surface area contributed by atoms with E-state index in [4.69, 9.17) is 15.9 Å².